The number of nitrogens with zero attached hydrogens (tertiary/aromatic N) is 6. The van der Waals surface area contributed by atoms with Gasteiger partial charge in [0.25, 0.3) is 11.2 Å². The van der Waals surface area contributed by atoms with E-state index < -0.39 is 4.92 Å². The summed E-state index contributed by atoms with van der Waals surface area (Å²) < 4.78 is 7.13. The van der Waals surface area contributed by atoms with Crippen molar-refractivity contribution < 1.29 is 14.5 Å². The molecule has 5 aromatic rings. The molecule has 0 saturated carbocycles. The molecule has 0 radical (unpaired) electrons. The highest BCUT2D eigenvalue weighted by Gasteiger charge is 2.37. The Morgan fingerprint density at radius 2 is 1.31 bits per heavy atom. The monoisotopic (exact) mass is 884 g/mol. The Bertz CT molecular complexity index is 2250. The number of rotatable bonds is 19. The number of hydrogen-bond acceptors (Lipinski definition) is 9. The molecule has 0 atom stereocenters. The molecule has 0 bridgehead atoms. The van der Waals surface area contributed by atoms with E-state index in [0.29, 0.717) is 60.9 Å². The highest BCUT2D eigenvalue weighted by Crippen LogP contribution is 2.42. The van der Waals surface area contributed by atoms with Crippen LogP contribution < -0.4 is 5.56 Å². The normalized spacial score (nSPS) is 15.5. The smallest absolute Gasteiger partial charge is 0.270 e. The summed E-state index contributed by atoms with van der Waals surface area (Å²) in [5.74, 6) is 0.429. The van der Waals surface area contributed by atoms with Gasteiger partial charge < -0.3 is 9.64 Å². The number of Topliss-reactive ketones (excluding diaryl/α,β-unsaturated/α-hetero) is 1. The number of fused-ring (bicyclic) bond motifs is 1. The lowest BCUT2D eigenvalue weighted by molar-refractivity contribution is -0.384. The maximum absolute atomic E-state index is 14.3. The van der Waals surface area contributed by atoms with Gasteiger partial charge in [0.1, 0.15) is 5.82 Å². The maximum Gasteiger partial charge on any atom is 0.270 e. The van der Waals surface area contributed by atoms with Crippen molar-refractivity contribution in [2.24, 2.45) is 0 Å². The second-order valence-electron chi connectivity index (χ2n) is 16.7. The predicted octanol–water partition coefficient (Wildman–Crippen LogP) is 9.94. The topological polar surface area (TPSA) is 124 Å². The van der Waals surface area contributed by atoms with E-state index in [-0.39, 0.29) is 58.3 Å². The molecule has 0 amide bonds. The van der Waals surface area contributed by atoms with Gasteiger partial charge in [-0.2, -0.15) is 0 Å². The first-order valence-corrected chi connectivity index (χ1v) is 22.1. The Morgan fingerprint density at radius 3 is 1.92 bits per heavy atom. The molecule has 2 saturated heterocycles. The number of unbranched alkanes of at least 4 members (excludes halogenated alkanes) is 7. The van der Waals surface area contributed by atoms with Crippen molar-refractivity contribution in [2.45, 2.75) is 96.4 Å². The van der Waals surface area contributed by atoms with Gasteiger partial charge in [-0.25, -0.2) is 9.97 Å². The van der Waals surface area contributed by atoms with Gasteiger partial charge in [0, 0.05) is 61.3 Å². The van der Waals surface area contributed by atoms with Gasteiger partial charge in [0.15, 0.2) is 11.4 Å². The molecule has 0 aliphatic carbocycles. The molecular formula is C49H62Cl2N6O5. The number of pyridine rings is 1. The first-order chi connectivity index (χ1) is 29.2. The third kappa shape index (κ3) is 11.5. The van der Waals surface area contributed by atoms with Crippen molar-refractivity contribution in [2.75, 3.05) is 52.5 Å². The standard InChI is InChI=1S/C49H60N6O5.2ClH/c1-37-44(45(39-18-17-23-42(36-39)55(58)59)46-47(50-37)51-38(2)54(48(46)57)31-30-53-32-34-60-35-33-53)43(56)24-15-7-5-3-4-6-8-16-27-52-28-25-49(26-29-52,40-19-11-9-12-20-40)41-21-13-10-14-22-41;;/h9-14,17-23,36H,3-8,15-16,24-35H2,1-2H3;2*1H. The van der Waals surface area contributed by atoms with Crippen LogP contribution in [-0.2, 0) is 16.7 Å². The van der Waals surface area contributed by atoms with Crippen molar-refractivity contribution in [3.8, 4) is 11.1 Å². The van der Waals surface area contributed by atoms with Crippen LogP contribution in [0, 0.1) is 24.0 Å². The fourth-order valence-electron chi connectivity index (χ4n) is 9.43. The zero-order valence-electron chi connectivity index (χ0n) is 36.3. The summed E-state index contributed by atoms with van der Waals surface area (Å²) in [6.45, 7) is 10.9. The number of likely N-dealkylation sites (tertiary alicyclic amines) is 1. The van der Waals surface area contributed by atoms with Crippen LogP contribution in [0.2, 0.25) is 0 Å². The maximum atomic E-state index is 14.3. The van der Waals surface area contributed by atoms with Crippen LogP contribution in [0.5, 0.6) is 0 Å². The first kappa shape index (κ1) is 48.5. The molecule has 13 heteroatoms. The SMILES string of the molecule is Cc1nc2nc(C)n(CCN3CCOCC3)c(=O)c2c(-c2cccc([N+](=O)[O-])c2)c1C(=O)CCCCCCCCCCN1CCC(c2ccccc2)(c2ccccc2)CC1.Cl.Cl. The molecular weight excluding hydrogens is 823 g/mol. The number of aromatic nitrogens is 3. The molecule has 2 fully saturated rings. The van der Waals surface area contributed by atoms with Crippen LogP contribution in [0.25, 0.3) is 22.2 Å². The lowest BCUT2D eigenvalue weighted by Gasteiger charge is -2.43. The summed E-state index contributed by atoms with van der Waals surface area (Å²) in [6.07, 6.45) is 11.3. The second kappa shape index (κ2) is 23.2. The number of morpholine rings is 1. The average Bonchev–Trinajstić information content (AvgIpc) is 3.27. The molecule has 7 rings (SSSR count). The molecule has 3 aromatic carbocycles. The summed E-state index contributed by atoms with van der Waals surface area (Å²) in [6, 6.07) is 28.3. The van der Waals surface area contributed by atoms with Crippen LogP contribution in [0.3, 0.4) is 0 Å². The molecule has 0 spiro atoms. The lowest BCUT2D eigenvalue weighted by atomic mass is 9.68. The fraction of sp³-hybridized carbons (Fsp3) is 0.469. The number of nitro benzene ring substituents is 1. The minimum Gasteiger partial charge on any atom is -0.379 e. The van der Waals surface area contributed by atoms with Crippen LogP contribution in [-0.4, -0.2) is 87.5 Å². The summed E-state index contributed by atoms with van der Waals surface area (Å²) in [5, 5.41) is 12.1. The number of hydrogen-bond donors (Lipinski definition) is 0. The van der Waals surface area contributed by atoms with E-state index in [1.54, 1.807) is 30.5 Å². The van der Waals surface area contributed by atoms with E-state index in [2.05, 4.69) is 70.5 Å². The number of carbonyl (C=O) groups is 1. The number of ketones is 1. The molecule has 2 aliphatic rings. The zero-order chi connectivity index (χ0) is 41.9. The third-order valence-electron chi connectivity index (χ3n) is 12.8. The van der Waals surface area contributed by atoms with Gasteiger partial charge in [-0.05, 0) is 75.9 Å². The van der Waals surface area contributed by atoms with E-state index in [4.69, 9.17) is 14.7 Å². The number of non-ortho nitro benzene ring substituents is 1. The number of carbonyl (C=O) groups excluding carboxylic acids is 1. The minimum atomic E-state index is -0.457. The molecule has 0 N–H and O–H groups in total. The van der Waals surface area contributed by atoms with Gasteiger partial charge in [-0.1, -0.05) is 111 Å². The Balaban J connectivity index is 0.00000363. The Morgan fingerprint density at radius 1 is 0.726 bits per heavy atom. The highest BCUT2D eigenvalue weighted by molar-refractivity contribution is 6.10. The molecule has 332 valence electrons. The first-order valence-electron chi connectivity index (χ1n) is 22.1. The van der Waals surface area contributed by atoms with Gasteiger partial charge in [-0.3, -0.25) is 29.2 Å². The highest BCUT2D eigenvalue weighted by atomic mass is 35.5. The average molecular weight is 886 g/mol. The minimum absolute atomic E-state index is 0. The number of piperidine rings is 1. The number of halogens is 2. The zero-order valence-corrected chi connectivity index (χ0v) is 37.9. The summed E-state index contributed by atoms with van der Waals surface area (Å²) >= 11 is 0. The van der Waals surface area contributed by atoms with Crippen LogP contribution in [0.1, 0.15) is 104 Å². The lowest BCUT2D eigenvalue weighted by Crippen LogP contribution is -2.43. The summed E-state index contributed by atoms with van der Waals surface area (Å²) in [7, 11) is 0. The second-order valence-corrected chi connectivity index (χ2v) is 16.7. The number of aryl methyl sites for hydroxylation is 2. The quantitative estimate of drug-likeness (QED) is 0.0345. The summed E-state index contributed by atoms with van der Waals surface area (Å²) in [5.41, 5.74) is 4.46. The summed E-state index contributed by atoms with van der Waals surface area (Å²) in [4.78, 5) is 54.2. The van der Waals surface area contributed by atoms with Crippen molar-refractivity contribution in [3.05, 3.63) is 134 Å². The number of nitro groups is 1. The molecule has 11 nitrogen and oxygen atoms in total. The third-order valence-corrected chi connectivity index (χ3v) is 12.8. The molecule has 4 heterocycles. The van der Waals surface area contributed by atoms with Crippen LogP contribution in [0.15, 0.2) is 89.7 Å². The van der Waals surface area contributed by atoms with Gasteiger partial charge in [0.2, 0.25) is 0 Å². The van der Waals surface area contributed by atoms with Crippen LogP contribution in [0.4, 0.5) is 5.69 Å². The van der Waals surface area contributed by atoms with Crippen molar-refractivity contribution in [1.29, 1.82) is 0 Å². The fourth-order valence-corrected chi connectivity index (χ4v) is 9.43. The Labute approximate surface area is 378 Å². The van der Waals surface area contributed by atoms with Crippen LogP contribution >= 0.6 is 24.8 Å². The van der Waals surface area contributed by atoms with E-state index in [1.165, 1.54) is 48.9 Å². The van der Waals surface area contributed by atoms with Crippen molar-refractivity contribution in [3.63, 3.8) is 0 Å². The number of ether oxygens (including phenoxy) is 1. The van der Waals surface area contributed by atoms with E-state index in [1.807, 2.05) is 0 Å². The van der Waals surface area contributed by atoms with Gasteiger partial charge in [0.05, 0.1) is 29.2 Å². The van der Waals surface area contributed by atoms with Crippen molar-refractivity contribution >= 4 is 47.3 Å². The Hall–Kier alpha value is -4.52. The van der Waals surface area contributed by atoms with Gasteiger partial charge >= 0.3 is 0 Å². The van der Waals surface area contributed by atoms with E-state index >= 15 is 0 Å². The molecule has 2 aromatic heterocycles. The number of benzene rings is 3. The molecule has 2 aliphatic heterocycles. The Kier molecular flexibility index (Phi) is 18.2. The van der Waals surface area contributed by atoms with Crippen molar-refractivity contribution in [1.82, 2.24) is 24.3 Å². The van der Waals surface area contributed by atoms with E-state index in [9.17, 15) is 19.7 Å². The van der Waals surface area contributed by atoms with E-state index in [0.717, 1.165) is 71.2 Å². The van der Waals surface area contributed by atoms with Gasteiger partial charge in [-0.15, -0.1) is 24.8 Å². The predicted molar refractivity (Wildman–Crippen MR) is 252 cm³/mol. The molecule has 62 heavy (non-hydrogen) atoms. The largest absolute Gasteiger partial charge is 0.379 e. The molecule has 0 unspecified atom stereocenters.